The number of amides is 2. The van der Waals surface area contributed by atoms with Crippen LogP contribution in [-0.4, -0.2) is 37.4 Å². The summed E-state index contributed by atoms with van der Waals surface area (Å²) in [5, 5.41) is 2.87. The Kier molecular flexibility index (Phi) is 6.69. The highest BCUT2D eigenvalue weighted by Gasteiger charge is 2.34. The zero-order valence-electron chi connectivity index (χ0n) is 18.3. The van der Waals surface area contributed by atoms with Crippen molar-refractivity contribution in [2.45, 2.75) is 46.2 Å². The molecule has 3 rings (SSSR count). The summed E-state index contributed by atoms with van der Waals surface area (Å²) in [6.45, 7) is 6.14. The summed E-state index contributed by atoms with van der Waals surface area (Å²) < 4.78 is 25.7. The lowest BCUT2D eigenvalue weighted by Gasteiger charge is -2.36. The van der Waals surface area contributed by atoms with Crippen LogP contribution in [-0.2, 0) is 32.6 Å². The molecule has 2 aromatic carbocycles. The molecule has 0 saturated carbocycles. The van der Waals surface area contributed by atoms with Gasteiger partial charge in [0.1, 0.15) is 6.04 Å². The molecule has 0 aliphatic carbocycles. The Bertz CT molecular complexity index is 1100. The Morgan fingerprint density at radius 1 is 1.13 bits per heavy atom. The van der Waals surface area contributed by atoms with Crippen molar-refractivity contribution in [3.63, 3.8) is 0 Å². The molecule has 1 aliphatic rings. The van der Waals surface area contributed by atoms with Crippen molar-refractivity contribution in [2.24, 2.45) is 5.92 Å². The molecule has 7 nitrogen and oxygen atoms in total. The van der Waals surface area contributed by atoms with Gasteiger partial charge in [-0.2, -0.15) is 0 Å². The number of hydrogen-bond donors (Lipinski definition) is 2. The van der Waals surface area contributed by atoms with Crippen molar-refractivity contribution in [2.75, 3.05) is 16.3 Å². The second-order valence-corrected chi connectivity index (χ2v) is 10.2. The molecule has 2 N–H and O–H groups in total. The molecule has 31 heavy (non-hydrogen) atoms. The number of hydrogen-bond acceptors (Lipinski definition) is 4. The van der Waals surface area contributed by atoms with Gasteiger partial charge in [-0.3, -0.25) is 14.3 Å². The molecule has 8 heteroatoms. The third-order valence-corrected chi connectivity index (χ3v) is 5.85. The summed E-state index contributed by atoms with van der Waals surface area (Å²) in [4.78, 5) is 27.8. The van der Waals surface area contributed by atoms with Crippen LogP contribution in [0.4, 0.5) is 11.4 Å². The lowest BCUT2D eigenvalue weighted by molar-refractivity contribution is -0.140. The maximum atomic E-state index is 13.2. The monoisotopic (exact) mass is 443 g/mol. The Hall–Kier alpha value is -2.87. The summed E-state index contributed by atoms with van der Waals surface area (Å²) in [7, 11) is -3.45. The molecular weight excluding hydrogens is 414 g/mol. The first kappa shape index (κ1) is 22.8. The maximum absolute atomic E-state index is 13.2. The van der Waals surface area contributed by atoms with Crippen molar-refractivity contribution < 1.29 is 18.0 Å². The zero-order chi connectivity index (χ0) is 22.8. The van der Waals surface area contributed by atoms with E-state index in [0.717, 1.165) is 22.9 Å². The molecule has 0 spiro atoms. The fourth-order valence-electron chi connectivity index (χ4n) is 3.72. The first-order chi connectivity index (χ1) is 14.5. The summed E-state index contributed by atoms with van der Waals surface area (Å²) in [6.07, 6.45) is 1.89. The van der Waals surface area contributed by atoms with Gasteiger partial charge in [-0.1, -0.05) is 44.2 Å². The highest BCUT2D eigenvalue weighted by molar-refractivity contribution is 7.92. The van der Waals surface area contributed by atoms with Crippen LogP contribution in [0.5, 0.6) is 0 Å². The van der Waals surface area contributed by atoms with Crippen LogP contribution < -0.4 is 10.0 Å². The SMILES string of the molecule is Cc1ccc(NC(=O)C2Cc3ccccc3CN2C(=O)CC(C)C)cc1NS(C)(=O)=O. The molecule has 0 fully saturated rings. The molecule has 1 aliphatic heterocycles. The maximum Gasteiger partial charge on any atom is 0.247 e. The van der Waals surface area contributed by atoms with Gasteiger partial charge in [0.25, 0.3) is 0 Å². The Labute approximate surface area is 183 Å². The summed E-state index contributed by atoms with van der Waals surface area (Å²) in [5.74, 6) is -0.149. The first-order valence-corrected chi connectivity index (χ1v) is 12.2. The van der Waals surface area contributed by atoms with Gasteiger partial charge in [0.05, 0.1) is 11.9 Å². The van der Waals surface area contributed by atoms with E-state index in [-0.39, 0.29) is 17.7 Å². The smallest absolute Gasteiger partial charge is 0.247 e. The van der Waals surface area contributed by atoms with E-state index in [9.17, 15) is 18.0 Å². The second kappa shape index (κ2) is 9.09. The predicted molar refractivity (Wildman–Crippen MR) is 122 cm³/mol. The number of anilines is 2. The van der Waals surface area contributed by atoms with E-state index >= 15 is 0 Å². The number of carbonyl (C=O) groups is 2. The van der Waals surface area contributed by atoms with Crippen molar-refractivity contribution in [3.8, 4) is 0 Å². The molecule has 1 atom stereocenters. The van der Waals surface area contributed by atoms with E-state index in [0.29, 0.717) is 30.8 Å². The summed E-state index contributed by atoms with van der Waals surface area (Å²) in [6, 6.07) is 12.3. The van der Waals surface area contributed by atoms with E-state index in [2.05, 4.69) is 10.0 Å². The van der Waals surface area contributed by atoms with Crippen LogP contribution in [0.1, 0.15) is 37.0 Å². The van der Waals surface area contributed by atoms with Gasteiger partial charge in [-0.05, 0) is 41.7 Å². The second-order valence-electron chi connectivity index (χ2n) is 8.50. The van der Waals surface area contributed by atoms with Gasteiger partial charge >= 0.3 is 0 Å². The third kappa shape index (κ3) is 5.85. The molecule has 166 valence electrons. The highest BCUT2D eigenvalue weighted by atomic mass is 32.2. The van der Waals surface area contributed by atoms with Gasteiger partial charge < -0.3 is 10.2 Å². The predicted octanol–water partition coefficient (Wildman–Crippen LogP) is 3.30. The van der Waals surface area contributed by atoms with Crippen molar-refractivity contribution >= 4 is 33.2 Å². The average molecular weight is 444 g/mol. The average Bonchev–Trinajstić information content (AvgIpc) is 2.68. The number of sulfonamides is 1. The lowest BCUT2D eigenvalue weighted by atomic mass is 9.92. The van der Waals surface area contributed by atoms with Gasteiger partial charge in [-0.15, -0.1) is 0 Å². The van der Waals surface area contributed by atoms with Gasteiger partial charge in [0.15, 0.2) is 0 Å². The Balaban J connectivity index is 1.86. The number of fused-ring (bicyclic) bond motifs is 1. The van der Waals surface area contributed by atoms with Crippen molar-refractivity contribution in [1.82, 2.24) is 4.90 Å². The van der Waals surface area contributed by atoms with Crippen LogP contribution in [0.2, 0.25) is 0 Å². The molecule has 1 heterocycles. The molecule has 0 aromatic heterocycles. The Morgan fingerprint density at radius 3 is 2.45 bits per heavy atom. The van der Waals surface area contributed by atoms with Crippen LogP contribution in [0, 0.1) is 12.8 Å². The van der Waals surface area contributed by atoms with Crippen LogP contribution >= 0.6 is 0 Å². The lowest BCUT2D eigenvalue weighted by Crippen LogP contribution is -2.50. The number of carbonyl (C=O) groups excluding carboxylic acids is 2. The molecule has 2 aromatic rings. The number of aryl methyl sites for hydroxylation is 1. The highest BCUT2D eigenvalue weighted by Crippen LogP contribution is 2.27. The summed E-state index contributed by atoms with van der Waals surface area (Å²) >= 11 is 0. The van der Waals surface area contributed by atoms with E-state index in [1.54, 1.807) is 30.0 Å². The van der Waals surface area contributed by atoms with Crippen molar-refractivity contribution in [1.29, 1.82) is 0 Å². The normalized spacial score (nSPS) is 16.0. The first-order valence-electron chi connectivity index (χ1n) is 10.3. The fraction of sp³-hybridized carbons (Fsp3) is 0.391. The van der Waals surface area contributed by atoms with E-state index in [4.69, 9.17) is 0 Å². The van der Waals surface area contributed by atoms with Crippen LogP contribution in [0.3, 0.4) is 0 Å². The number of nitrogens with zero attached hydrogens (tertiary/aromatic N) is 1. The molecule has 0 radical (unpaired) electrons. The van der Waals surface area contributed by atoms with Gasteiger partial charge in [0.2, 0.25) is 21.8 Å². The van der Waals surface area contributed by atoms with Crippen LogP contribution in [0.25, 0.3) is 0 Å². The van der Waals surface area contributed by atoms with Crippen molar-refractivity contribution in [3.05, 3.63) is 59.2 Å². The number of benzene rings is 2. The molecule has 1 unspecified atom stereocenters. The molecule has 0 bridgehead atoms. The van der Waals surface area contributed by atoms with Crippen LogP contribution in [0.15, 0.2) is 42.5 Å². The number of nitrogens with one attached hydrogen (secondary N) is 2. The summed E-state index contributed by atoms with van der Waals surface area (Å²) in [5.41, 5.74) is 3.72. The number of rotatable bonds is 6. The minimum Gasteiger partial charge on any atom is -0.326 e. The minimum absolute atomic E-state index is 0.0482. The van der Waals surface area contributed by atoms with E-state index in [1.807, 2.05) is 38.1 Å². The van der Waals surface area contributed by atoms with Gasteiger partial charge in [-0.25, -0.2) is 8.42 Å². The molecular formula is C23H29N3O4S. The van der Waals surface area contributed by atoms with Gasteiger partial charge in [0, 0.05) is 25.1 Å². The minimum atomic E-state index is -3.45. The molecule has 2 amide bonds. The van der Waals surface area contributed by atoms with E-state index < -0.39 is 16.1 Å². The largest absolute Gasteiger partial charge is 0.326 e. The zero-order valence-corrected chi connectivity index (χ0v) is 19.1. The fourth-order valence-corrected chi connectivity index (χ4v) is 4.34. The quantitative estimate of drug-likeness (QED) is 0.716. The van der Waals surface area contributed by atoms with E-state index in [1.165, 1.54) is 0 Å². The molecule has 0 saturated heterocycles. The standard InChI is InChI=1S/C23H29N3O4S/c1-15(2)11-22(27)26-14-18-8-6-5-7-17(18)12-21(26)23(28)24-19-10-9-16(3)20(13-19)25-31(4,29)30/h5-10,13,15,21,25H,11-12,14H2,1-4H3,(H,24,28). The third-order valence-electron chi connectivity index (χ3n) is 5.25. The Morgan fingerprint density at radius 2 is 1.81 bits per heavy atom. The topological polar surface area (TPSA) is 95.6 Å².